The molecular formula is C20H24Cl2FN9. The van der Waals surface area contributed by atoms with Gasteiger partial charge in [0.2, 0.25) is 11.9 Å². The first kappa shape index (κ1) is 23.7. The Bertz CT molecular complexity index is 1070. The van der Waals surface area contributed by atoms with E-state index in [9.17, 15) is 4.39 Å². The van der Waals surface area contributed by atoms with Crippen molar-refractivity contribution in [3.05, 3.63) is 52.6 Å². The number of benzene rings is 1. The lowest BCUT2D eigenvalue weighted by atomic mass is 10.2. The molecule has 0 saturated carbocycles. The van der Waals surface area contributed by atoms with Gasteiger partial charge in [0.05, 0.1) is 11.9 Å². The summed E-state index contributed by atoms with van der Waals surface area (Å²) >= 11 is 5.98. The predicted molar refractivity (Wildman–Crippen MR) is 127 cm³/mol. The fourth-order valence-electron chi connectivity index (χ4n) is 3.52. The number of hydrogen-bond donors (Lipinski definition) is 2. The fraction of sp³-hybridized carbons (Fsp3) is 0.300. The van der Waals surface area contributed by atoms with Crippen LogP contribution >= 0.6 is 24.0 Å². The summed E-state index contributed by atoms with van der Waals surface area (Å²) in [5.74, 6) is 0.0744. The third kappa shape index (κ3) is 5.45. The maximum atomic E-state index is 13.6. The van der Waals surface area contributed by atoms with Gasteiger partial charge in [-0.3, -0.25) is 4.90 Å². The van der Waals surface area contributed by atoms with Gasteiger partial charge >= 0.3 is 0 Å². The third-order valence-corrected chi connectivity index (χ3v) is 5.36. The quantitative estimate of drug-likeness (QED) is 0.573. The molecule has 0 amide bonds. The number of halogens is 3. The number of piperazine rings is 1. The highest BCUT2D eigenvalue weighted by molar-refractivity contribution is 6.30. The number of rotatable bonds is 5. The van der Waals surface area contributed by atoms with Crippen LogP contribution in [-0.2, 0) is 0 Å². The first-order valence-electron chi connectivity index (χ1n) is 9.81. The summed E-state index contributed by atoms with van der Waals surface area (Å²) < 4.78 is 15.2. The van der Waals surface area contributed by atoms with Gasteiger partial charge in [0.25, 0.3) is 5.95 Å². The number of nitrogen functional groups attached to an aromatic ring is 2. The first-order chi connectivity index (χ1) is 14.9. The molecule has 1 aromatic carbocycles. The minimum absolute atomic E-state index is 0. The van der Waals surface area contributed by atoms with Crippen LogP contribution in [0.15, 0.2) is 30.5 Å². The number of nitrogens with two attached hydrogens (primary N) is 2. The zero-order chi connectivity index (χ0) is 22.0. The van der Waals surface area contributed by atoms with E-state index in [0.29, 0.717) is 5.02 Å². The molecule has 32 heavy (non-hydrogen) atoms. The Morgan fingerprint density at radius 3 is 2.41 bits per heavy atom. The lowest BCUT2D eigenvalue weighted by Crippen LogP contribution is -2.46. The summed E-state index contributed by atoms with van der Waals surface area (Å²) in [7, 11) is 0. The summed E-state index contributed by atoms with van der Waals surface area (Å²) in [5.41, 5.74) is 13.9. The van der Waals surface area contributed by atoms with Gasteiger partial charge in [-0.25, -0.2) is 9.07 Å². The highest BCUT2D eigenvalue weighted by atomic mass is 35.5. The molecule has 1 aliphatic rings. The van der Waals surface area contributed by atoms with Crippen LogP contribution in [0.5, 0.6) is 0 Å². The van der Waals surface area contributed by atoms with Crippen molar-refractivity contribution in [3.8, 4) is 5.95 Å². The van der Waals surface area contributed by atoms with E-state index in [2.05, 4.69) is 35.9 Å². The second-order valence-corrected chi connectivity index (χ2v) is 7.70. The Balaban J connectivity index is 0.00000289. The second kappa shape index (κ2) is 10.1. The summed E-state index contributed by atoms with van der Waals surface area (Å²) in [5, 5.41) is 4.75. The highest BCUT2D eigenvalue weighted by Gasteiger charge is 2.17. The predicted octanol–water partition coefficient (Wildman–Crippen LogP) is 2.58. The van der Waals surface area contributed by atoms with Crippen molar-refractivity contribution in [2.45, 2.75) is 6.92 Å². The Hall–Kier alpha value is -2.95. The van der Waals surface area contributed by atoms with E-state index in [4.69, 9.17) is 23.1 Å². The number of nitrogens with zero attached hydrogens (tertiary/aromatic N) is 7. The van der Waals surface area contributed by atoms with E-state index in [-0.39, 0.29) is 36.1 Å². The molecule has 1 saturated heterocycles. The zero-order valence-electron chi connectivity index (χ0n) is 17.4. The minimum Gasteiger partial charge on any atom is -0.369 e. The van der Waals surface area contributed by atoms with E-state index in [0.717, 1.165) is 49.7 Å². The SMILES string of the molecule is Cc1c(/C=C/CN2CCN(c3cc(F)cc(Cl)c3)CC2)cnn1-c1nc(N)nc(N)n1.Cl. The molecular weight excluding hydrogens is 456 g/mol. The van der Waals surface area contributed by atoms with Crippen molar-refractivity contribution in [1.29, 1.82) is 0 Å². The van der Waals surface area contributed by atoms with Gasteiger partial charge in [-0.2, -0.15) is 20.1 Å². The van der Waals surface area contributed by atoms with Gasteiger partial charge in [0.1, 0.15) is 5.82 Å². The normalized spacial score (nSPS) is 14.7. The van der Waals surface area contributed by atoms with Crippen molar-refractivity contribution in [3.63, 3.8) is 0 Å². The van der Waals surface area contributed by atoms with Crippen LogP contribution in [0.25, 0.3) is 12.0 Å². The van der Waals surface area contributed by atoms with Crippen LogP contribution in [-0.4, -0.2) is 62.4 Å². The summed E-state index contributed by atoms with van der Waals surface area (Å²) in [6.07, 6.45) is 5.86. The Kier molecular flexibility index (Phi) is 7.49. The third-order valence-electron chi connectivity index (χ3n) is 5.14. The standard InChI is InChI=1S/C20H23ClFN9.ClH/c1-13-14(12-25-31(13)20-27-18(23)26-19(24)28-20)3-2-4-29-5-7-30(8-6-29)17-10-15(21)9-16(22)11-17;/h2-3,9-12H,4-8H2,1H3,(H4,23,24,26,27,28);1H/b3-2+;. The van der Waals surface area contributed by atoms with E-state index in [1.807, 2.05) is 13.0 Å². The monoisotopic (exact) mass is 479 g/mol. The van der Waals surface area contributed by atoms with Gasteiger partial charge in [0, 0.05) is 49.0 Å². The van der Waals surface area contributed by atoms with Crippen LogP contribution in [0.4, 0.5) is 22.0 Å². The minimum atomic E-state index is -0.314. The molecule has 0 bridgehead atoms. The Morgan fingerprint density at radius 1 is 1.06 bits per heavy atom. The molecule has 9 nitrogen and oxygen atoms in total. The van der Waals surface area contributed by atoms with Gasteiger partial charge in [0.15, 0.2) is 0 Å². The number of anilines is 3. The van der Waals surface area contributed by atoms with Gasteiger partial charge < -0.3 is 16.4 Å². The lowest BCUT2D eigenvalue weighted by Gasteiger charge is -2.35. The molecule has 170 valence electrons. The lowest BCUT2D eigenvalue weighted by molar-refractivity contribution is 0.284. The smallest absolute Gasteiger partial charge is 0.257 e. The molecule has 12 heteroatoms. The first-order valence-corrected chi connectivity index (χ1v) is 10.2. The van der Waals surface area contributed by atoms with Crippen molar-refractivity contribution in [2.24, 2.45) is 0 Å². The Morgan fingerprint density at radius 2 is 1.75 bits per heavy atom. The van der Waals surface area contributed by atoms with Gasteiger partial charge in [-0.1, -0.05) is 23.8 Å². The number of aromatic nitrogens is 5. The zero-order valence-corrected chi connectivity index (χ0v) is 19.0. The molecule has 0 aliphatic carbocycles. The van der Waals surface area contributed by atoms with Crippen LogP contribution in [0.1, 0.15) is 11.3 Å². The molecule has 4 rings (SSSR count). The van der Waals surface area contributed by atoms with Crippen LogP contribution in [0.2, 0.25) is 5.02 Å². The maximum Gasteiger partial charge on any atom is 0.257 e. The maximum absolute atomic E-state index is 13.6. The molecule has 1 fully saturated rings. The van der Waals surface area contributed by atoms with Crippen LogP contribution in [0.3, 0.4) is 0 Å². The van der Waals surface area contributed by atoms with Crippen molar-refractivity contribution < 1.29 is 4.39 Å². The molecule has 4 N–H and O–H groups in total. The molecule has 0 radical (unpaired) electrons. The largest absolute Gasteiger partial charge is 0.369 e. The van der Waals surface area contributed by atoms with Crippen molar-refractivity contribution in [2.75, 3.05) is 49.1 Å². The average Bonchev–Trinajstić information content (AvgIpc) is 3.07. The van der Waals surface area contributed by atoms with E-state index in [1.165, 1.54) is 12.1 Å². The topological polar surface area (TPSA) is 115 Å². The Labute approximate surface area is 196 Å². The molecule has 0 atom stereocenters. The molecule has 3 heterocycles. The average molecular weight is 480 g/mol. The van der Waals surface area contributed by atoms with Crippen molar-refractivity contribution >= 4 is 47.7 Å². The van der Waals surface area contributed by atoms with E-state index in [1.54, 1.807) is 16.9 Å². The van der Waals surface area contributed by atoms with Crippen molar-refractivity contribution in [1.82, 2.24) is 29.6 Å². The summed E-state index contributed by atoms with van der Waals surface area (Å²) in [6.45, 7) is 6.10. The van der Waals surface area contributed by atoms with Crippen LogP contribution < -0.4 is 16.4 Å². The molecule has 0 spiro atoms. The molecule has 3 aromatic rings. The van der Waals surface area contributed by atoms with Crippen LogP contribution in [0, 0.1) is 12.7 Å². The molecule has 0 unspecified atom stereocenters. The van der Waals surface area contributed by atoms with Gasteiger partial charge in [-0.15, -0.1) is 12.4 Å². The van der Waals surface area contributed by atoms with E-state index >= 15 is 0 Å². The molecule has 2 aromatic heterocycles. The second-order valence-electron chi connectivity index (χ2n) is 7.27. The summed E-state index contributed by atoms with van der Waals surface area (Å²) in [6, 6.07) is 4.64. The highest BCUT2D eigenvalue weighted by Crippen LogP contribution is 2.23. The van der Waals surface area contributed by atoms with E-state index < -0.39 is 0 Å². The summed E-state index contributed by atoms with van der Waals surface area (Å²) in [4.78, 5) is 16.4. The number of hydrogen-bond acceptors (Lipinski definition) is 8. The fourth-order valence-corrected chi connectivity index (χ4v) is 3.73. The molecule has 1 aliphatic heterocycles. The van der Waals surface area contributed by atoms with Gasteiger partial charge in [-0.05, 0) is 25.1 Å².